The summed E-state index contributed by atoms with van der Waals surface area (Å²) in [6.07, 6.45) is 0. The normalized spacial score (nSPS) is 12.2. The number of benzene rings is 1. The number of morpholine rings is 1. The number of nitrogens with one attached hydrogen (secondary N) is 1. The molecule has 1 aliphatic heterocycles. The number of nitrogens with zero attached hydrogens (tertiary/aromatic N) is 1. The van der Waals surface area contributed by atoms with Gasteiger partial charge in [0.1, 0.15) is 5.82 Å². The number of hydrogen-bond acceptors (Lipinski definition) is 6. The molecule has 1 aliphatic rings. The monoisotopic (exact) mass is 420 g/mol. The second-order valence-electron chi connectivity index (χ2n) is 4.95. The minimum atomic E-state index is -0.402. The number of amides is 2. The molecule has 0 saturated carbocycles. The smallest absolute Gasteiger partial charge is 0.251 e. The van der Waals surface area contributed by atoms with E-state index in [0.717, 1.165) is 0 Å². The van der Waals surface area contributed by atoms with Crippen molar-refractivity contribution in [3.05, 3.63) is 35.6 Å². The third-order valence-corrected chi connectivity index (χ3v) is 3.17. The number of ether oxygens (including phenoxy) is 1. The lowest BCUT2D eigenvalue weighted by Gasteiger charge is -2.26. The highest BCUT2D eigenvalue weighted by molar-refractivity contribution is 7.80. The fraction of sp³-hybridized carbons (Fsp3) is 0.579. The second kappa shape index (κ2) is 20.1. The molecule has 162 valence electrons. The van der Waals surface area contributed by atoms with Gasteiger partial charge in [-0.1, -0.05) is 13.8 Å². The molecule has 0 atom stereocenters. The minimum Gasteiger partial charge on any atom is -0.397 e. The first-order valence-electron chi connectivity index (χ1n) is 9.21. The Morgan fingerprint density at radius 2 is 1.64 bits per heavy atom. The Kier molecular flexibility index (Phi) is 20.4. The molecule has 9 heteroatoms. The average molecular weight is 421 g/mol. The molecule has 1 aromatic rings. The molecule has 0 bridgehead atoms. The van der Waals surface area contributed by atoms with Gasteiger partial charge in [0.25, 0.3) is 5.91 Å². The van der Waals surface area contributed by atoms with Crippen LogP contribution in [-0.4, -0.2) is 78.7 Å². The summed E-state index contributed by atoms with van der Waals surface area (Å²) in [6, 6.07) is 5.17. The standard InChI is InChI=1S/C13H15FN2O3.C2H6OS.C2H6O.C2H6/c14-11-3-1-10(2-4-11)13(18)15-9-12(17)16-5-7-19-8-6-16;3-1-2-4;1-2-3;1-2/h1-4H,5-9H2,(H,15,18);3-4H,1-2H2;3H,2H2,1H3;1-2H3. The van der Waals surface area contributed by atoms with Gasteiger partial charge >= 0.3 is 0 Å². The van der Waals surface area contributed by atoms with E-state index in [1.54, 1.807) is 11.8 Å². The van der Waals surface area contributed by atoms with Crippen LogP contribution in [0.4, 0.5) is 4.39 Å². The molecule has 0 radical (unpaired) electrons. The van der Waals surface area contributed by atoms with Crippen LogP contribution in [0.2, 0.25) is 0 Å². The maximum Gasteiger partial charge on any atom is 0.251 e. The highest BCUT2D eigenvalue weighted by Gasteiger charge is 2.17. The van der Waals surface area contributed by atoms with E-state index < -0.39 is 5.82 Å². The summed E-state index contributed by atoms with van der Waals surface area (Å²) < 4.78 is 17.8. The topological polar surface area (TPSA) is 99.1 Å². The van der Waals surface area contributed by atoms with Crippen molar-refractivity contribution in [2.75, 3.05) is 51.8 Å². The second-order valence-corrected chi connectivity index (χ2v) is 5.39. The van der Waals surface area contributed by atoms with Crippen LogP contribution in [0.3, 0.4) is 0 Å². The van der Waals surface area contributed by atoms with Gasteiger partial charge in [-0.3, -0.25) is 9.59 Å². The van der Waals surface area contributed by atoms with Gasteiger partial charge in [-0.2, -0.15) is 12.6 Å². The summed E-state index contributed by atoms with van der Waals surface area (Å²) in [5.74, 6) is -0.360. The Bertz CT molecular complexity index is 510. The molecule has 0 spiro atoms. The van der Waals surface area contributed by atoms with E-state index in [4.69, 9.17) is 14.9 Å². The summed E-state index contributed by atoms with van der Waals surface area (Å²) in [4.78, 5) is 25.1. The Balaban J connectivity index is 0. The third-order valence-electron chi connectivity index (χ3n) is 2.97. The fourth-order valence-electron chi connectivity index (χ4n) is 1.78. The molecular weight excluding hydrogens is 387 g/mol. The van der Waals surface area contributed by atoms with Crippen LogP contribution < -0.4 is 5.32 Å². The Morgan fingerprint density at radius 1 is 1.18 bits per heavy atom. The fourth-order valence-corrected chi connectivity index (χ4v) is 1.78. The molecule has 28 heavy (non-hydrogen) atoms. The summed E-state index contributed by atoms with van der Waals surface area (Å²) in [7, 11) is 0. The van der Waals surface area contributed by atoms with Crippen molar-refractivity contribution in [3.8, 4) is 0 Å². The first kappa shape index (κ1) is 28.5. The summed E-state index contributed by atoms with van der Waals surface area (Å²) >= 11 is 3.67. The lowest BCUT2D eigenvalue weighted by Crippen LogP contribution is -2.45. The average Bonchev–Trinajstić information content (AvgIpc) is 2.75. The van der Waals surface area contributed by atoms with Crippen molar-refractivity contribution < 1.29 is 28.9 Å². The van der Waals surface area contributed by atoms with Crippen molar-refractivity contribution in [3.63, 3.8) is 0 Å². The molecular formula is C19H33FN2O5S. The molecule has 1 saturated heterocycles. The maximum atomic E-state index is 12.7. The number of aliphatic hydroxyl groups is 2. The quantitative estimate of drug-likeness (QED) is 0.551. The van der Waals surface area contributed by atoms with Crippen LogP contribution in [0.5, 0.6) is 0 Å². The molecule has 7 nitrogen and oxygen atoms in total. The molecule has 1 heterocycles. The predicted molar refractivity (Wildman–Crippen MR) is 111 cm³/mol. The van der Waals surface area contributed by atoms with E-state index in [2.05, 4.69) is 17.9 Å². The van der Waals surface area contributed by atoms with E-state index in [1.165, 1.54) is 24.3 Å². The van der Waals surface area contributed by atoms with Gasteiger partial charge in [0, 0.05) is 31.0 Å². The number of hydrogen-bond donors (Lipinski definition) is 4. The molecule has 2 rings (SSSR count). The highest BCUT2D eigenvalue weighted by atomic mass is 32.1. The zero-order valence-corrected chi connectivity index (χ0v) is 17.8. The predicted octanol–water partition coefficient (Wildman–Crippen LogP) is 1.35. The largest absolute Gasteiger partial charge is 0.397 e. The number of thiol groups is 1. The maximum absolute atomic E-state index is 12.7. The number of aliphatic hydroxyl groups excluding tert-OH is 2. The van der Waals surface area contributed by atoms with Gasteiger partial charge in [0.05, 0.1) is 26.4 Å². The van der Waals surface area contributed by atoms with Gasteiger partial charge < -0.3 is 25.2 Å². The van der Waals surface area contributed by atoms with E-state index in [1.807, 2.05) is 13.8 Å². The zero-order valence-electron chi connectivity index (χ0n) is 16.9. The van der Waals surface area contributed by atoms with Crippen molar-refractivity contribution in [2.24, 2.45) is 0 Å². The molecule has 0 aromatic heterocycles. The van der Waals surface area contributed by atoms with Gasteiger partial charge in [0.2, 0.25) is 5.91 Å². The van der Waals surface area contributed by atoms with Crippen LogP contribution in [0.1, 0.15) is 31.1 Å². The Hall–Kier alpha value is -1.68. The van der Waals surface area contributed by atoms with Crippen molar-refractivity contribution in [2.45, 2.75) is 20.8 Å². The van der Waals surface area contributed by atoms with E-state index in [-0.39, 0.29) is 31.6 Å². The summed E-state index contributed by atoms with van der Waals surface area (Å²) in [5, 5.41) is 17.9. The van der Waals surface area contributed by atoms with Gasteiger partial charge in [-0.05, 0) is 31.2 Å². The van der Waals surface area contributed by atoms with E-state index in [9.17, 15) is 14.0 Å². The lowest BCUT2D eigenvalue weighted by molar-refractivity contribution is -0.134. The lowest BCUT2D eigenvalue weighted by atomic mass is 10.2. The summed E-state index contributed by atoms with van der Waals surface area (Å²) in [5.41, 5.74) is 0.330. The van der Waals surface area contributed by atoms with Crippen molar-refractivity contribution in [1.29, 1.82) is 0 Å². The van der Waals surface area contributed by atoms with Crippen LogP contribution in [-0.2, 0) is 9.53 Å². The van der Waals surface area contributed by atoms with Crippen LogP contribution in [0.15, 0.2) is 24.3 Å². The first-order valence-corrected chi connectivity index (χ1v) is 9.85. The summed E-state index contributed by atoms with van der Waals surface area (Å²) in [6.45, 7) is 8.20. The van der Waals surface area contributed by atoms with Crippen molar-refractivity contribution >= 4 is 24.4 Å². The zero-order chi connectivity index (χ0) is 21.8. The Labute approximate surface area is 172 Å². The number of carbonyl (C=O) groups excluding carboxylic acids is 2. The first-order chi connectivity index (χ1) is 13.5. The van der Waals surface area contributed by atoms with Gasteiger partial charge in [-0.25, -0.2) is 4.39 Å². The molecule has 0 aliphatic carbocycles. The Morgan fingerprint density at radius 3 is 2.07 bits per heavy atom. The molecule has 2 amide bonds. The molecule has 1 aromatic carbocycles. The molecule has 3 N–H and O–H groups in total. The number of rotatable bonds is 4. The SMILES string of the molecule is CC.CCO.O=C(NCC(=O)N1CCOCC1)c1ccc(F)cc1.OCCS. The number of carbonyl (C=O) groups is 2. The molecule has 0 unspecified atom stereocenters. The van der Waals surface area contributed by atoms with Gasteiger partial charge in [-0.15, -0.1) is 0 Å². The van der Waals surface area contributed by atoms with Crippen LogP contribution >= 0.6 is 12.6 Å². The van der Waals surface area contributed by atoms with Crippen LogP contribution in [0, 0.1) is 5.82 Å². The van der Waals surface area contributed by atoms with Crippen molar-refractivity contribution in [1.82, 2.24) is 10.2 Å². The third kappa shape index (κ3) is 14.4. The molecule has 1 fully saturated rings. The van der Waals surface area contributed by atoms with Crippen LogP contribution in [0.25, 0.3) is 0 Å². The van der Waals surface area contributed by atoms with E-state index >= 15 is 0 Å². The van der Waals surface area contributed by atoms with E-state index in [0.29, 0.717) is 37.6 Å². The minimum absolute atomic E-state index is 0.0593. The number of halogens is 1. The van der Waals surface area contributed by atoms with Gasteiger partial charge in [0.15, 0.2) is 0 Å². The highest BCUT2D eigenvalue weighted by Crippen LogP contribution is 2.02.